The van der Waals surface area contributed by atoms with Gasteiger partial charge in [-0.2, -0.15) is 5.10 Å². The van der Waals surface area contributed by atoms with Crippen LogP contribution in [0, 0.1) is 0 Å². The molecular formula is C23H33N3O3S. The summed E-state index contributed by atoms with van der Waals surface area (Å²) < 4.78 is 35.0. The van der Waals surface area contributed by atoms with Crippen molar-refractivity contribution >= 4 is 10.0 Å². The maximum atomic E-state index is 11.9. The molecule has 0 amide bonds. The summed E-state index contributed by atoms with van der Waals surface area (Å²) in [6, 6.07) is 12.6. The molecule has 1 aliphatic heterocycles. The SMILES string of the molecule is CCc1cc2n(n1)C(COC1CCC(c3ccccc3)CC1)C(NS(C)(=O)=O)CC2. The van der Waals surface area contributed by atoms with Gasteiger partial charge < -0.3 is 4.74 Å². The van der Waals surface area contributed by atoms with E-state index < -0.39 is 10.0 Å². The number of benzene rings is 1. The third kappa shape index (κ3) is 5.13. The van der Waals surface area contributed by atoms with E-state index in [1.807, 2.05) is 4.68 Å². The Labute approximate surface area is 180 Å². The molecular weight excluding hydrogens is 398 g/mol. The van der Waals surface area contributed by atoms with Crippen molar-refractivity contribution in [3.63, 3.8) is 0 Å². The van der Waals surface area contributed by atoms with Gasteiger partial charge in [-0.25, -0.2) is 13.1 Å². The van der Waals surface area contributed by atoms with E-state index in [1.54, 1.807) is 0 Å². The summed E-state index contributed by atoms with van der Waals surface area (Å²) in [7, 11) is -3.29. The molecule has 2 unspecified atom stereocenters. The summed E-state index contributed by atoms with van der Waals surface area (Å²) in [5, 5.41) is 4.75. The van der Waals surface area contributed by atoms with Crippen LogP contribution in [0.1, 0.15) is 67.9 Å². The van der Waals surface area contributed by atoms with E-state index >= 15 is 0 Å². The maximum Gasteiger partial charge on any atom is 0.209 e. The van der Waals surface area contributed by atoms with Gasteiger partial charge in [-0.15, -0.1) is 0 Å². The Morgan fingerprint density at radius 2 is 1.87 bits per heavy atom. The minimum absolute atomic E-state index is 0.101. The van der Waals surface area contributed by atoms with Crippen LogP contribution >= 0.6 is 0 Å². The fourth-order valence-corrected chi connectivity index (χ4v) is 5.75. The Hall–Kier alpha value is -1.70. The average Bonchev–Trinajstić information content (AvgIpc) is 3.16. The number of rotatable bonds is 7. The smallest absolute Gasteiger partial charge is 0.209 e. The first kappa shape index (κ1) is 21.5. The predicted octanol–water partition coefficient (Wildman–Crippen LogP) is 3.59. The molecule has 0 saturated heterocycles. The molecule has 1 aliphatic carbocycles. The van der Waals surface area contributed by atoms with Gasteiger partial charge in [0.05, 0.1) is 30.7 Å². The van der Waals surface area contributed by atoms with E-state index in [0.29, 0.717) is 12.5 Å². The first-order valence-electron chi connectivity index (χ1n) is 11.1. The van der Waals surface area contributed by atoms with Crippen LogP contribution in [0.5, 0.6) is 0 Å². The van der Waals surface area contributed by atoms with Gasteiger partial charge in [0.2, 0.25) is 10.0 Å². The lowest BCUT2D eigenvalue weighted by Gasteiger charge is -2.35. The fraction of sp³-hybridized carbons (Fsp3) is 0.609. The molecule has 2 heterocycles. The van der Waals surface area contributed by atoms with Crippen LogP contribution in [0.3, 0.4) is 0 Å². The summed E-state index contributed by atoms with van der Waals surface area (Å²) in [6.07, 6.45) is 8.30. The van der Waals surface area contributed by atoms with Crippen molar-refractivity contribution < 1.29 is 13.2 Å². The minimum atomic E-state index is -3.29. The van der Waals surface area contributed by atoms with Gasteiger partial charge in [-0.1, -0.05) is 37.3 Å². The number of aromatic nitrogens is 2. The number of aryl methyl sites for hydroxylation is 2. The topological polar surface area (TPSA) is 73.2 Å². The van der Waals surface area contributed by atoms with Gasteiger partial charge in [0.15, 0.2) is 0 Å². The third-order valence-electron chi connectivity index (χ3n) is 6.53. The van der Waals surface area contributed by atoms with Crippen LogP contribution in [-0.2, 0) is 27.6 Å². The fourth-order valence-electron chi connectivity index (χ4n) is 4.92. The number of nitrogens with zero attached hydrogens (tertiary/aromatic N) is 2. The Morgan fingerprint density at radius 1 is 1.13 bits per heavy atom. The molecule has 1 N–H and O–H groups in total. The first-order valence-corrected chi connectivity index (χ1v) is 13.0. The second-order valence-corrected chi connectivity index (χ2v) is 10.5. The van der Waals surface area contributed by atoms with Gasteiger partial charge in [0.1, 0.15) is 0 Å². The van der Waals surface area contributed by atoms with Crippen molar-refractivity contribution in [1.29, 1.82) is 0 Å². The molecule has 0 spiro atoms. The number of ether oxygens (including phenoxy) is 1. The molecule has 0 bridgehead atoms. The maximum absolute atomic E-state index is 11.9. The van der Waals surface area contributed by atoms with Gasteiger partial charge in [-0.05, 0) is 62.5 Å². The van der Waals surface area contributed by atoms with E-state index in [1.165, 1.54) is 17.5 Å². The van der Waals surface area contributed by atoms with Crippen LogP contribution in [0.4, 0.5) is 0 Å². The molecule has 2 atom stereocenters. The van der Waals surface area contributed by atoms with Gasteiger partial charge in [-0.3, -0.25) is 4.68 Å². The lowest BCUT2D eigenvalue weighted by molar-refractivity contribution is -0.00334. The van der Waals surface area contributed by atoms with Crippen molar-refractivity contribution in [2.75, 3.05) is 12.9 Å². The number of sulfonamides is 1. The summed E-state index contributed by atoms with van der Waals surface area (Å²) in [4.78, 5) is 0. The zero-order valence-electron chi connectivity index (χ0n) is 18.0. The number of fused-ring (bicyclic) bond motifs is 1. The molecule has 1 saturated carbocycles. The highest BCUT2D eigenvalue weighted by molar-refractivity contribution is 7.88. The summed E-state index contributed by atoms with van der Waals surface area (Å²) in [5.41, 5.74) is 3.66. The van der Waals surface area contributed by atoms with Crippen molar-refractivity contribution in [1.82, 2.24) is 14.5 Å². The van der Waals surface area contributed by atoms with Crippen molar-refractivity contribution in [3.8, 4) is 0 Å². The highest BCUT2D eigenvalue weighted by Gasteiger charge is 2.34. The van der Waals surface area contributed by atoms with Gasteiger partial charge in [0.25, 0.3) is 0 Å². The largest absolute Gasteiger partial charge is 0.376 e. The van der Waals surface area contributed by atoms with Gasteiger partial charge >= 0.3 is 0 Å². The predicted molar refractivity (Wildman–Crippen MR) is 118 cm³/mol. The number of hydrogen-bond acceptors (Lipinski definition) is 4. The van der Waals surface area contributed by atoms with E-state index in [0.717, 1.165) is 50.6 Å². The Balaban J connectivity index is 1.40. The lowest BCUT2D eigenvalue weighted by Crippen LogP contribution is -2.46. The number of nitrogens with one attached hydrogen (secondary N) is 1. The van der Waals surface area contributed by atoms with Crippen LogP contribution in [0.25, 0.3) is 0 Å². The quantitative estimate of drug-likeness (QED) is 0.727. The molecule has 30 heavy (non-hydrogen) atoms. The highest BCUT2D eigenvalue weighted by atomic mass is 32.2. The second kappa shape index (κ2) is 9.20. The Bertz CT molecular complexity index is 934. The normalized spacial score (nSPS) is 27.0. The van der Waals surface area contributed by atoms with E-state index in [2.05, 4.69) is 48.0 Å². The molecule has 2 aromatic rings. The second-order valence-electron chi connectivity index (χ2n) is 8.75. The van der Waals surface area contributed by atoms with E-state index in [4.69, 9.17) is 9.84 Å². The number of hydrogen-bond donors (Lipinski definition) is 1. The molecule has 0 radical (unpaired) electrons. The lowest BCUT2D eigenvalue weighted by atomic mass is 9.83. The van der Waals surface area contributed by atoms with Crippen molar-refractivity contribution in [3.05, 3.63) is 53.3 Å². The zero-order valence-corrected chi connectivity index (χ0v) is 18.8. The molecule has 7 heteroatoms. The summed E-state index contributed by atoms with van der Waals surface area (Å²) >= 11 is 0. The van der Waals surface area contributed by atoms with E-state index in [9.17, 15) is 8.42 Å². The van der Waals surface area contributed by atoms with Gasteiger partial charge in [0, 0.05) is 11.7 Å². The zero-order chi connectivity index (χ0) is 21.1. The minimum Gasteiger partial charge on any atom is -0.376 e. The summed E-state index contributed by atoms with van der Waals surface area (Å²) in [6.45, 7) is 2.59. The van der Waals surface area contributed by atoms with Crippen molar-refractivity contribution in [2.24, 2.45) is 0 Å². The van der Waals surface area contributed by atoms with Crippen molar-refractivity contribution in [2.45, 2.75) is 76.0 Å². The van der Waals surface area contributed by atoms with Crippen LogP contribution in [0.2, 0.25) is 0 Å². The molecule has 1 aromatic heterocycles. The molecule has 2 aliphatic rings. The molecule has 6 nitrogen and oxygen atoms in total. The highest BCUT2D eigenvalue weighted by Crippen LogP contribution is 2.35. The van der Waals surface area contributed by atoms with Crippen LogP contribution in [0.15, 0.2) is 36.4 Å². The Morgan fingerprint density at radius 3 is 2.53 bits per heavy atom. The van der Waals surface area contributed by atoms with E-state index in [-0.39, 0.29) is 18.2 Å². The Kier molecular flexibility index (Phi) is 6.60. The summed E-state index contributed by atoms with van der Waals surface area (Å²) in [5.74, 6) is 0.616. The average molecular weight is 432 g/mol. The standard InChI is InChI=1S/C23H33N3O3S/c1-3-19-15-20-11-14-22(25-30(2,27)28)23(26(20)24-19)16-29-21-12-9-18(10-13-21)17-7-5-4-6-8-17/h4-8,15,18,21-23,25H,3,9-14,16H2,1-2H3. The molecule has 1 fully saturated rings. The molecule has 4 rings (SSSR count). The van der Waals surface area contributed by atoms with Crippen LogP contribution in [-0.4, -0.2) is 43.2 Å². The monoisotopic (exact) mass is 431 g/mol. The third-order valence-corrected chi connectivity index (χ3v) is 7.26. The molecule has 1 aromatic carbocycles. The van der Waals surface area contributed by atoms with Crippen LogP contribution < -0.4 is 4.72 Å². The first-order chi connectivity index (χ1) is 14.4. The molecule has 164 valence electrons.